The summed E-state index contributed by atoms with van der Waals surface area (Å²) in [6, 6.07) is 15.8. The Bertz CT molecular complexity index is 1110. The molecular weight excluding hydrogens is 408 g/mol. The first-order valence-electron chi connectivity index (χ1n) is 10.6. The van der Waals surface area contributed by atoms with Gasteiger partial charge in [-0.05, 0) is 51.7 Å². The van der Waals surface area contributed by atoms with Crippen molar-refractivity contribution in [2.45, 2.75) is 19.0 Å². The summed E-state index contributed by atoms with van der Waals surface area (Å²) in [6.45, 7) is 6.64. The number of nitrogens with zero attached hydrogens (tertiary/aromatic N) is 3. The monoisotopic (exact) mass is 434 g/mol. The van der Waals surface area contributed by atoms with Crippen LogP contribution in [0.3, 0.4) is 0 Å². The average molecular weight is 435 g/mol. The van der Waals surface area contributed by atoms with Gasteiger partial charge in [0.2, 0.25) is 0 Å². The molecule has 1 unspecified atom stereocenters. The molecule has 0 bridgehead atoms. The summed E-state index contributed by atoms with van der Waals surface area (Å²) >= 11 is 1.72. The number of urea groups is 1. The Balaban J connectivity index is 1.26. The van der Waals surface area contributed by atoms with E-state index in [9.17, 15) is 9.59 Å². The number of nitrogens with one attached hydrogen (secondary N) is 1. The van der Waals surface area contributed by atoms with Crippen LogP contribution in [0, 0.1) is 0 Å². The van der Waals surface area contributed by atoms with Gasteiger partial charge in [-0.15, -0.1) is 0 Å². The maximum Gasteiger partial charge on any atom is 0.326 e. The lowest BCUT2D eigenvalue weighted by Crippen LogP contribution is -2.51. The fourth-order valence-corrected chi connectivity index (χ4v) is 5.11. The lowest BCUT2D eigenvalue weighted by molar-refractivity contribution is -0.132. The van der Waals surface area contributed by atoms with Crippen molar-refractivity contribution in [1.29, 1.82) is 0 Å². The van der Waals surface area contributed by atoms with Crippen molar-refractivity contribution in [3.05, 3.63) is 70.4 Å². The van der Waals surface area contributed by atoms with E-state index in [2.05, 4.69) is 31.9 Å². The molecule has 5 rings (SSSR count). The van der Waals surface area contributed by atoms with Crippen LogP contribution in [0.2, 0.25) is 0 Å². The Morgan fingerprint density at radius 1 is 0.968 bits per heavy atom. The predicted octanol–water partition coefficient (Wildman–Crippen LogP) is 3.44. The molecular formula is C24H26N4O2S. The molecule has 2 aromatic carbocycles. The highest BCUT2D eigenvalue weighted by atomic mass is 32.1. The van der Waals surface area contributed by atoms with E-state index in [-0.39, 0.29) is 11.9 Å². The summed E-state index contributed by atoms with van der Waals surface area (Å²) < 4.78 is 0. The van der Waals surface area contributed by atoms with Gasteiger partial charge in [-0.2, -0.15) is 11.3 Å². The number of fused-ring (bicyclic) bond motifs is 1. The van der Waals surface area contributed by atoms with E-state index < -0.39 is 5.54 Å². The fraction of sp³-hybridized carbons (Fsp3) is 0.333. The molecule has 2 aliphatic rings. The molecule has 3 amide bonds. The molecule has 31 heavy (non-hydrogen) atoms. The van der Waals surface area contributed by atoms with Crippen molar-refractivity contribution in [3.63, 3.8) is 0 Å². The Morgan fingerprint density at radius 2 is 1.71 bits per heavy atom. The Morgan fingerprint density at radius 3 is 2.45 bits per heavy atom. The van der Waals surface area contributed by atoms with E-state index in [1.807, 2.05) is 42.5 Å². The minimum absolute atomic E-state index is 0.187. The summed E-state index contributed by atoms with van der Waals surface area (Å²) in [7, 11) is 0. The van der Waals surface area contributed by atoms with Crippen molar-refractivity contribution in [2.24, 2.45) is 0 Å². The first-order chi connectivity index (χ1) is 15.0. The number of hydrogen-bond acceptors (Lipinski definition) is 5. The van der Waals surface area contributed by atoms with Gasteiger partial charge in [0.1, 0.15) is 5.54 Å². The number of rotatable bonds is 5. The zero-order valence-electron chi connectivity index (χ0n) is 17.6. The molecule has 1 atom stereocenters. The van der Waals surface area contributed by atoms with E-state index in [4.69, 9.17) is 0 Å². The minimum Gasteiger partial charge on any atom is -0.319 e. The smallest absolute Gasteiger partial charge is 0.319 e. The zero-order chi connectivity index (χ0) is 21.4. The molecule has 0 spiro atoms. The number of amides is 3. The number of carbonyl (C=O) groups excluding carboxylic acids is 2. The third kappa shape index (κ3) is 3.84. The van der Waals surface area contributed by atoms with Crippen LogP contribution in [0.15, 0.2) is 59.3 Å². The highest BCUT2D eigenvalue weighted by molar-refractivity contribution is 7.07. The van der Waals surface area contributed by atoms with Crippen molar-refractivity contribution in [1.82, 2.24) is 20.0 Å². The second-order valence-corrected chi connectivity index (χ2v) is 9.30. The summed E-state index contributed by atoms with van der Waals surface area (Å²) in [5, 5.41) is 9.41. The molecule has 7 heteroatoms. The molecule has 1 N–H and O–H groups in total. The largest absolute Gasteiger partial charge is 0.326 e. The van der Waals surface area contributed by atoms with E-state index >= 15 is 0 Å². The van der Waals surface area contributed by atoms with Crippen molar-refractivity contribution in [3.8, 4) is 0 Å². The fourth-order valence-electron chi connectivity index (χ4n) is 4.45. The summed E-state index contributed by atoms with van der Waals surface area (Å²) in [4.78, 5) is 32.0. The molecule has 1 aromatic heterocycles. The first kappa shape index (κ1) is 20.2. The van der Waals surface area contributed by atoms with Crippen LogP contribution in [-0.2, 0) is 16.9 Å². The van der Waals surface area contributed by atoms with E-state index in [1.54, 1.807) is 18.3 Å². The quantitative estimate of drug-likeness (QED) is 0.625. The summed E-state index contributed by atoms with van der Waals surface area (Å²) in [5.74, 6) is -0.187. The Hall–Kier alpha value is -2.74. The number of hydrogen-bond donors (Lipinski definition) is 1. The molecule has 3 heterocycles. The van der Waals surface area contributed by atoms with Gasteiger partial charge in [0.25, 0.3) is 5.91 Å². The highest BCUT2D eigenvalue weighted by Crippen LogP contribution is 2.31. The lowest BCUT2D eigenvalue weighted by Gasteiger charge is -2.36. The van der Waals surface area contributed by atoms with Gasteiger partial charge in [0, 0.05) is 32.7 Å². The maximum absolute atomic E-state index is 13.3. The average Bonchev–Trinajstić information content (AvgIpc) is 3.37. The van der Waals surface area contributed by atoms with Gasteiger partial charge in [-0.3, -0.25) is 14.6 Å². The van der Waals surface area contributed by atoms with E-state index in [0.717, 1.165) is 49.1 Å². The normalized spacial score (nSPS) is 22.9. The highest BCUT2D eigenvalue weighted by Gasteiger charge is 2.49. The second kappa shape index (κ2) is 8.07. The third-order valence-electron chi connectivity index (χ3n) is 6.39. The van der Waals surface area contributed by atoms with Gasteiger partial charge in [0.05, 0.1) is 6.67 Å². The molecule has 0 saturated carbocycles. The van der Waals surface area contributed by atoms with Crippen LogP contribution >= 0.6 is 11.3 Å². The maximum atomic E-state index is 13.3. The number of imide groups is 1. The molecule has 2 saturated heterocycles. The van der Waals surface area contributed by atoms with Gasteiger partial charge in [-0.25, -0.2) is 9.69 Å². The lowest BCUT2D eigenvalue weighted by atomic mass is 9.90. The van der Waals surface area contributed by atoms with Crippen LogP contribution in [0.1, 0.15) is 18.1 Å². The van der Waals surface area contributed by atoms with Gasteiger partial charge in [-0.1, -0.05) is 36.4 Å². The van der Waals surface area contributed by atoms with Crippen LogP contribution in [0.5, 0.6) is 0 Å². The number of piperazine rings is 1. The van der Waals surface area contributed by atoms with Crippen molar-refractivity contribution >= 4 is 34.0 Å². The van der Waals surface area contributed by atoms with Crippen LogP contribution in [-0.4, -0.2) is 59.5 Å². The molecule has 0 radical (unpaired) electrons. The van der Waals surface area contributed by atoms with Crippen LogP contribution in [0.4, 0.5) is 4.79 Å². The molecule has 160 valence electrons. The molecule has 2 aliphatic heterocycles. The molecule has 6 nitrogen and oxygen atoms in total. The summed E-state index contributed by atoms with van der Waals surface area (Å²) in [6.07, 6.45) is 0. The molecule has 3 aromatic rings. The van der Waals surface area contributed by atoms with E-state index in [1.165, 1.54) is 10.5 Å². The summed E-state index contributed by atoms with van der Waals surface area (Å²) in [5.41, 5.74) is 1.12. The van der Waals surface area contributed by atoms with E-state index in [0.29, 0.717) is 6.67 Å². The number of benzene rings is 2. The Labute approximate surface area is 186 Å². The standard InChI is InChI=1S/C24H26N4O2S/c1-24(21-7-6-19-4-2-3-5-20(19)14-21)22(29)28(23(30)25-24)17-27-11-9-26(10-12-27)15-18-8-13-31-16-18/h2-8,13-14,16H,9-12,15,17H2,1H3,(H,25,30). The van der Waals surface area contributed by atoms with Crippen molar-refractivity contribution in [2.75, 3.05) is 32.8 Å². The van der Waals surface area contributed by atoms with Crippen LogP contribution in [0.25, 0.3) is 10.8 Å². The molecule has 2 fully saturated rings. The SMILES string of the molecule is CC1(c2ccc3ccccc3c2)NC(=O)N(CN2CCN(Cc3ccsc3)CC2)C1=O. The van der Waals surface area contributed by atoms with Crippen molar-refractivity contribution < 1.29 is 9.59 Å². The number of thiophene rings is 1. The molecule has 0 aliphatic carbocycles. The van der Waals surface area contributed by atoms with Gasteiger partial charge in [0.15, 0.2) is 0 Å². The number of carbonyl (C=O) groups is 2. The van der Waals surface area contributed by atoms with Gasteiger partial charge >= 0.3 is 6.03 Å². The van der Waals surface area contributed by atoms with Gasteiger partial charge < -0.3 is 5.32 Å². The third-order valence-corrected chi connectivity index (χ3v) is 7.13. The second-order valence-electron chi connectivity index (χ2n) is 8.52. The Kier molecular flexibility index (Phi) is 5.25. The minimum atomic E-state index is -1.04. The first-order valence-corrected chi connectivity index (χ1v) is 11.6. The predicted molar refractivity (Wildman–Crippen MR) is 123 cm³/mol. The zero-order valence-corrected chi connectivity index (χ0v) is 18.4. The van der Waals surface area contributed by atoms with Crippen LogP contribution < -0.4 is 5.32 Å². The topological polar surface area (TPSA) is 55.9 Å².